The first-order valence-corrected chi connectivity index (χ1v) is 6.34. The van der Waals surface area contributed by atoms with E-state index in [-0.39, 0.29) is 24.5 Å². The summed E-state index contributed by atoms with van der Waals surface area (Å²) in [4.78, 5) is 34.6. The third kappa shape index (κ3) is 4.88. The highest BCUT2D eigenvalue weighted by atomic mass is 16.5. The maximum Gasteiger partial charge on any atom is 0.326 e. The highest BCUT2D eigenvalue weighted by molar-refractivity contribution is 6.00. The third-order valence-corrected chi connectivity index (χ3v) is 2.83. The number of aliphatic carboxylic acids is 1. The molecule has 1 atom stereocenters. The predicted octanol–water partition coefficient (Wildman–Crippen LogP) is 0.266. The Morgan fingerprint density at radius 3 is 2.38 bits per heavy atom. The summed E-state index contributed by atoms with van der Waals surface area (Å²) < 4.78 is 4.81. The molecule has 0 heterocycles. The van der Waals surface area contributed by atoms with Crippen LogP contribution >= 0.6 is 0 Å². The molecule has 3 N–H and O–H groups in total. The quantitative estimate of drug-likeness (QED) is 0.669. The Hall–Kier alpha value is -2.41. The maximum absolute atomic E-state index is 12.0. The molecule has 0 aliphatic heterocycles. The summed E-state index contributed by atoms with van der Waals surface area (Å²) >= 11 is 0. The first-order chi connectivity index (χ1) is 9.99. The van der Waals surface area contributed by atoms with E-state index in [2.05, 4.69) is 10.6 Å². The molecule has 1 aromatic rings. The summed E-state index contributed by atoms with van der Waals surface area (Å²) in [5, 5.41) is 13.9. The lowest BCUT2D eigenvalue weighted by molar-refractivity contribution is -0.139. The zero-order valence-electron chi connectivity index (χ0n) is 11.9. The lowest BCUT2D eigenvalue weighted by atomic mass is 10.1. The minimum absolute atomic E-state index is 0.159. The van der Waals surface area contributed by atoms with Crippen LogP contribution in [0.4, 0.5) is 0 Å². The van der Waals surface area contributed by atoms with Crippen LogP contribution in [0.2, 0.25) is 0 Å². The molecule has 0 saturated carbocycles. The summed E-state index contributed by atoms with van der Waals surface area (Å²) in [6.07, 6.45) is 0.159. The van der Waals surface area contributed by atoms with Gasteiger partial charge in [0.2, 0.25) is 0 Å². The van der Waals surface area contributed by atoms with E-state index in [1.165, 1.54) is 26.3 Å². The van der Waals surface area contributed by atoms with Crippen molar-refractivity contribution in [3.63, 3.8) is 0 Å². The molecule has 0 bridgehead atoms. The summed E-state index contributed by atoms with van der Waals surface area (Å²) in [6, 6.07) is 5.00. The number of nitrogens with one attached hydrogen (secondary N) is 2. The number of carboxylic acid groups (broad SMARTS) is 1. The number of carbonyl (C=O) groups is 3. The molecule has 0 aliphatic carbocycles. The van der Waals surface area contributed by atoms with Gasteiger partial charge in [-0.15, -0.1) is 0 Å². The molecule has 1 rings (SSSR count). The molecular weight excluding hydrogens is 276 g/mol. The number of ether oxygens (including phenoxy) is 1. The van der Waals surface area contributed by atoms with Crippen LogP contribution in [-0.4, -0.2) is 49.7 Å². The first-order valence-electron chi connectivity index (χ1n) is 6.34. The van der Waals surface area contributed by atoms with Crippen LogP contribution in [0.25, 0.3) is 0 Å². The average molecular weight is 294 g/mol. The normalized spacial score (nSPS) is 11.5. The molecule has 0 aliphatic rings. The zero-order chi connectivity index (χ0) is 15.8. The summed E-state index contributed by atoms with van der Waals surface area (Å²) in [5.41, 5.74) is 0.550. The molecule has 2 amide bonds. The molecule has 0 saturated heterocycles. The van der Waals surface area contributed by atoms with Gasteiger partial charge in [-0.2, -0.15) is 0 Å². The summed E-state index contributed by atoms with van der Waals surface area (Å²) in [7, 11) is 2.94. The number of hydrogen-bond donors (Lipinski definition) is 3. The van der Waals surface area contributed by atoms with Crippen LogP contribution in [-0.2, 0) is 9.53 Å². The smallest absolute Gasteiger partial charge is 0.326 e. The van der Waals surface area contributed by atoms with Gasteiger partial charge < -0.3 is 20.5 Å². The molecule has 1 aromatic carbocycles. The van der Waals surface area contributed by atoms with E-state index in [4.69, 9.17) is 9.84 Å². The van der Waals surface area contributed by atoms with Gasteiger partial charge >= 0.3 is 5.97 Å². The molecule has 114 valence electrons. The van der Waals surface area contributed by atoms with Crippen LogP contribution in [0.15, 0.2) is 24.3 Å². The van der Waals surface area contributed by atoms with Crippen molar-refractivity contribution in [3.05, 3.63) is 35.4 Å². The number of amides is 2. The van der Waals surface area contributed by atoms with Crippen molar-refractivity contribution in [3.8, 4) is 0 Å². The predicted molar refractivity (Wildman–Crippen MR) is 75.2 cm³/mol. The number of carboxylic acids is 1. The van der Waals surface area contributed by atoms with Crippen LogP contribution in [0, 0.1) is 0 Å². The topological polar surface area (TPSA) is 105 Å². The molecule has 7 heteroatoms. The van der Waals surface area contributed by atoms with Crippen molar-refractivity contribution < 1.29 is 24.2 Å². The second kappa shape index (κ2) is 8.01. The van der Waals surface area contributed by atoms with Crippen LogP contribution in [0.3, 0.4) is 0 Å². The highest BCUT2D eigenvalue weighted by Gasteiger charge is 2.20. The minimum Gasteiger partial charge on any atom is -0.480 e. The van der Waals surface area contributed by atoms with Gasteiger partial charge in [0.05, 0.1) is 0 Å². The van der Waals surface area contributed by atoms with Crippen molar-refractivity contribution in [2.45, 2.75) is 12.5 Å². The molecular formula is C14H18N2O5. The SMILES string of the molecule is CNC(=O)c1cccc(C(=O)NC(CCOC)C(=O)O)c1. The number of benzene rings is 1. The fourth-order valence-corrected chi connectivity index (χ4v) is 1.68. The van der Waals surface area contributed by atoms with E-state index in [0.29, 0.717) is 5.56 Å². The molecule has 0 fully saturated rings. The van der Waals surface area contributed by atoms with E-state index in [0.717, 1.165) is 0 Å². The molecule has 21 heavy (non-hydrogen) atoms. The minimum atomic E-state index is -1.14. The third-order valence-electron chi connectivity index (χ3n) is 2.83. The largest absolute Gasteiger partial charge is 0.480 e. The van der Waals surface area contributed by atoms with Gasteiger partial charge in [-0.1, -0.05) is 6.07 Å². The van der Waals surface area contributed by atoms with E-state index >= 15 is 0 Å². The fraction of sp³-hybridized carbons (Fsp3) is 0.357. The Labute approximate surface area is 122 Å². The van der Waals surface area contributed by atoms with E-state index in [1.54, 1.807) is 12.1 Å². The average Bonchev–Trinajstić information content (AvgIpc) is 2.50. The van der Waals surface area contributed by atoms with Gasteiger partial charge in [-0.3, -0.25) is 9.59 Å². The lowest BCUT2D eigenvalue weighted by Gasteiger charge is -2.14. The van der Waals surface area contributed by atoms with Crippen molar-refractivity contribution in [1.29, 1.82) is 0 Å². The fourth-order valence-electron chi connectivity index (χ4n) is 1.68. The van der Waals surface area contributed by atoms with E-state index < -0.39 is 17.9 Å². The molecule has 0 radical (unpaired) electrons. The Bertz CT molecular complexity index is 530. The zero-order valence-corrected chi connectivity index (χ0v) is 11.9. The van der Waals surface area contributed by atoms with Gasteiger partial charge in [0, 0.05) is 38.3 Å². The molecule has 0 aromatic heterocycles. The van der Waals surface area contributed by atoms with E-state index in [1.807, 2.05) is 0 Å². The Morgan fingerprint density at radius 1 is 1.24 bits per heavy atom. The van der Waals surface area contributed by atoms with Gasteiger partial charge in [-0.05, 0) is 18.2 Å². The van der Waals surface area contributed by atoms with Crippen molar-refractivity contribution in [2.24, 2.45) is 0 Å². The van der Waals surface area contributed by atoms with Crippen LogP contribution < -0.4 is 10.6 Å². The first kappa shape index (κ1) is 16.6. The van der Waals surface area contributed by atoms with Gasteiger partial charge in [0.25, 0.3) is 11.8 Å². The summed E-state index contributed by atoms with van der Waals surface area (Å²) in [5.74, 6) is -2.01. The van der Waals surface area contributed by atoms with E-state index in [9.17, 15) is 14.4 Å². The van der Waals surface area contributed by atoms with Gasteiger partial charge in [0.1, 0.15) is 6.04 Å². The lowest BCUT2D eigenvalue weighted by Crippen LogP contribution is -2.41. The summed E-state index contributed by atoms with van der Waals surface area (Å²) in [6.45, 7) is 0.218. The molecule has 0 spiro atoms. The van der Waals surface area contributed by atoms with Gasteiger partial charge in [0.15, 0.2) is 0 Å². The number of carbonyl (C=O) groups excluding carboxylic acids is 2. The standard InChI is InChI=1S/C14H18N2O5/c1-15-12(17)9-4-3-5-10(8-9)13(18)16-11(14(19)20)6-7-21-2/h3-5,8,11H,6-7H2,1-2H3,(H,15,17)(H,16,18)(H,19,20). The molecule has 1 unspecified atom stereocenters. The number of hydrogen-bond acceptors (Lipinski definition) is 4. The van der Waals surface area contributed by atoms with Crippen molar-refractivity contribution in [1.82, 2.24) is 10.6 Å². The number of methoxy groups -OCH3 is 1. The van der Waals surface area contributed by atoms with Crippen LogP contribution in [0.1, 0.15) is 27.1 Å². The maximum atomic E-state index is 12.0. The van der Waals surface area contributed by atoms with Crippen molar-refractivity contribution in [2.75, 3.05) is 20.8 Å². The monoisotopic (exact) mass is 294 g/mol. The highest BCUT2D eigenvalue weighted by Crippen LogP contribution is 2.06. The van der Waals surface area contributed by atoms with Crippen molar-refractivity contribution >= 4 is 17.8 Å². The Morgan fingerprint density at radius 2 is 1.86 bits per heavy atom. The second-order valence-corrected chi connectivity index (χ2v) is 4.31. The molecule has 7 nitrogen and oxygen atoms in total. The Balaban J connectivity index is 2.82. The second-order valence-electron chi connectivity index (χ2n) is 4.31. The number of rotatable bonds is 7. The van der Waals surface area contributed by atoms with Gasteiger partial charge in [-0.25, -0.2) is 4.79 Å². The Kier molecular flexibility index (Phi) is 6.35. The van der Waals surface area contributed by atoms with Crippen LogP contribution in [0.5, 0.6) is 0 Å².